The van der Waals surface area contributed by atoms with Gasteiger partial charge in [-0.05, 0) is 14.0 Å². The van der Waals surface area contributed by atoms with Crippen LogP contribution < -0.4 is 0 Å². The van der Waals surface area contributed by atoms with Crippen molar-refractivity contribution in [2.45, 2.75) is 6.92 Å². The summed E-state index contributed by atoms with van der Waals surface area (Å²) in [5.74, 6) is 0.0376. The van der Waals surface area contributed by atoms with Crippen molar-refractivity contribution in [2.75, 3.05) is 33.2 Å². The minimum Gasteiger partial charge on any atom is -0.336 e. The van der Waals surface area contributed by atoms with Crippen molar-refractivity contribution in [3.63, 3.8) is 0 Å². The molecule has 0 spiro atoms. The summed E-state index contributed by atoms with van der Waals surface area (Å²) < 4.78 is 1.67. The molecule has 0 unspecified atom stereocenters. The fourth-order valence-electron chi connectivity index (χ4n) is 2.30. The third-order valence-corrected chi connectivity index (χ3v) is 3.47. The lowest BCUT2D eigenvalue weighted by atomic mass is 10.2. The molecule has 1 fully saturated rings. The Hall–Kier alpha value is -1.95. The molecule has 3 rings (SSSR count). The summed E-state index contributed by atoms with van der Waals surface area (Å²) in [6.07, 6.45) is 3.40. The summed E-state index contributed by atoms with van der Waals surface area (Å²) in [7, 11) is 2.07. The Kier molecular flexibility index (Phi) is 2.94. The second-order valence-corrected chi connectivity index (χ2v) is 5.03. The summed E-state index contributed by atoms with van der Waals surface area (Å²) in [5, 5.41) is 4.29. The average molecular weight is 259 g/mol. The maximum absolute atomic E-state index is 12.4. The molecular weight excluding hydrogens is 242 g/mol. The Labute approximate surface area is 111 Å². The van der Waals surface area contributed by atoms with E-state index in [-0.39, 0.29) is 5.91 Å². The Bertz CT molecular complexity index is 613. The van der Waals surface area contributed by atoms with Crippen molar-refractivity contribution in [1.82, 2.24) is 24.4 Å². The molecule has 0 radical (unpaired) electrons. The monoisotopic (exact) mass is 259 g/mol. The van der Waals surface area contributed by atoms with E-state index in [0.29, 0.717) is 5.56 Å². The highest BCUT2D eigenvalue weighted by Gasteiger charge is 2.21. The van der Waals surface area contributed by atoms with Crippen LogP contribution >= 0.6 is 0 Å². The molecule has 0 atom stereocenters. The lowest BCUT2D eigenvalue weighted by Gasteiger charge is -2.32. The molecule has 1 saturated heterocycles. The van der Waals surface area contributed by atoms with E-state index in [9.17, 15) is 4.79 Å². The predicted octanol–water partition coefficient (Wildman–Crippen LogP) is 0.425. The Balaban J connectivity index is 1.84. The summed E-state index contributed by atoms with van der Waals surface area (Å²) in [6.45, 7) is 5.29. The minimum absolute atomic E-state index is 0.0376. The topological polar surface area (TPSA) is 53.7 Å². The average Bonchev–Trinajstić information content (AvgIpc) is 2.77. The van der Waals surface area contributed by atoms with E-state index < -0.39 is 0 Å². The van der Waals surface area contributed by atoms with Crippen LogP contribution in [0.15, 0.2) is 18.5 Å². The first-order valence-corrected chi connectivity index (χ1v) is 6.43. The van der Waals surface area contributed by atoms with Gasteiger partial charge < -0.3 is 9.80 Å². The largest absolute Gasteiger partial charge is 0.336 e. The smallest absolute Gasteiger partial charge is 0.257 e. The van der Waals surface area contributed by atoms with E-state index in [0.717, 1.165) is 37.5 Å². The van der Waals surface area contributed by atoms with Crippen LogP contribution in [-0.2, 0) is 0 Å². The van der Waals surface area contributed by atoms with Gasteiger partial charge in [0, 0.05) is 44.6 Å². The second-order valence-electron chi connectivity index (χ2n) is 5.03. The number of carbonyl (C=O) groups excluding carboxylic acids is 1. The molecule has 0 N–H and O–H groups in total. The highest BCUT2D eigenvalue weighted by molar-refractivity contribution is 5.93. The van der Waals surface area contributed by atoms with Crippen LogP contribution in [0.4, 0.5) is 0 Å². The Morgan fingerprint density at radius 3 is 2.74 bits per heavy atom. The van der Waals surface area contributed by atoms with Crippen LogP contribution in [0.25, 0.3) is 5.65 Å². The molecule has 0 saturated carbocycles. The zero-order chi connectivity index (χ0) is 13.4. The van der Waals surface area contributed by atoms with Gasteiger partial charge in [-0.3, -0.25) is 4.79 Å². The number of fused-ring (bicyclic) bond motifs is 1. The molecule has 3 heterocycles. The molecule has 1 aliphatic rings. The molecule has 2 aromatic rings. The van der Waals surface area contributed by atoms with Gasteiger partial charge in [-0.1, -0.05) is 0 Å². The number of hydrogen-bond acceptors (Lipinski definition) is 4. The molecule has 0 aliphatic carbocycles. The normalized spacial score (nSPS) is 17.1. The Morgan fingerprint density at radius 2 is 2.00 bits per heavy atom. The van der Waals surface area contributed by atoms with Gasteiger partial charge in [0.2, 0.25) is 0 Å². The summed E-state index contributed by atoms with van der Waals surface area (Å²) >= 11 is 0. The number of piperazine rings is 1. The van der Waals surface area contributed by atoms with Crippen molar-refractivity contribution >= 4 is 11.6 Å². The van der Waals surface area contributed by atoms with Gasteiger partial charge in [-0.25, -0.2) is 9.50 Å². The van der Waals surface area contributed by atoms with Crippen LogP contribution in [0.3, 0.4) is 0 Å². The molecule has 1 aliphatic heterocycles. The predicted molar refractivity (Wildman–Crippen MR) is 71.1 cm³/mol. The van der Waals surface area contributed by atoms with Crippen molar-refractivity contribution in [1.29, 1.82) is 0 Å². The second kappa shape index (κ2) is 4.62. The van der Waals surface area contributed by atoms with E-state index in [4.69, 9.17) is 0 Å². The number of hydrogen-bond donors (Lipinski definition) is 0. The van der Waals surface area contributed by atoms with Crippen LogP contribution in [-0.4, -0.2) is 63.5 Å². The fourth-order valence-corrected chi connectivity index (χ4v) is 2.30. The van der Waals surface area contributed by atoms with Gasteiger partial charge in [-0.2, -0.15) is 5.10 Å². The van der Waals surface area contributed by atoms with Crippen LogP contribution in [0.1, 0.15) is 16.1 Å². The van der Waals surface area contributed by atoms with Crippen molar-refractivity contribution in [2.24, 2.45) is 0 Å². The van der Waals surface area contributed by atoms with Crippen LogP contribution in [0.2, 0.25) is 0 Å². The molecular formula is C13H17N5O. The first-order chi connectivity index (χ1) is 9.13. The number of carbonyl (C=O) groups is 1. The zero-order valence-electron chi connectivity index (χ0n) is 11.2. The summed E-state index contributed by atoms with van der Waals surface area (Å²) in [4.78, 5) is 20.8. The van der Waals surface area contributed by atoms with Gasteiger partial charge in [0.15, 0.2) is 5.65 Å². The van der Waals surface area contributed by atoms with E-state index in [2.05, 4.69) is 22.0 Å². The lowest BCUT2D eigenvalue weighted by Crippen LogP contribution is -2.47. The lowest BCUT2D eigenvalue weighted by molar-refractivity contribution is 0.0663. The van der Waals surface area contributed by atoms with E-state index in [1.54, 1.807) is 16.9 Å². The molecule has 0 aromatic carbocycles. The number of nitrogens with zero attached hydrogens (tertiary/aromatic N) is 5. The van der Waals surface area contributed by atoms with Crippen LogP contribution in [0, 0.1) is 6.92 Å². The number of amides is 1. The molecule has 0 bridgehead atoms. The first-order valence-electron chi connectivity index (χ1n) is 6.43. The van der Waals surface area contributed by atoms with Gasteiger partial charge in [0.25, 0.3) is 5.91 Å². The van der Waals surface area contributed by atoms with Gasteiger partial charge in [0.1, 0.15) is 0 Å². The summed E-state index contributed by atoms with van der Waals surface area (Å²) in [5.41, 5.74) is 2.27. The van der Waals surface area contributed by atoms with Gasteiger partial charge >= 0.3 is 0 Å². The van der Waals surface area contributed by atoms with E-state index in [1.165, 1.54) is 0 Å². The standard InChI is InChI=1S/C13H17N5O/c1-10-7-12-14-8-11(9-18(12)15-10)13(19)17-5-3-16(2)4-6-17/h7-9H,3-6H2,1-2H3. The first kappa shape index (κ1) is 12.1. The Morgan fingerprint density at radius 1 is 1.26 bits per heavy atom. The highest BCUT2D eigenvalue weighted by atomic mass is 16.2. The highest BCUT2D eigenvalue weighted by Crippen LogP contribution is 2.09. The molecule has 6 heteroatoms. The number of aromatic nitrogens is 3. The number of rotatable bonds is 1. The maximum Gasteiger partial charge on any atom is 0.257 e. The fraction of sp³-hybridized carbons (Fsp3) is 0.462. The third-order valence-electron chi connectivity index (χ3n) is 3.47. The van der Waals surface area contributed by atoms with Crippen molar-refractivity contribution in [3.8, 4) is 0 Å². The van der Waals surface area contributed by atoms with E-state index in [1.807, 2.05) is 17.9 Å². The SMILES string of the molecule is Cc1cc2ncc(C(=O)N3CCN(C)CC3)cn2n1. The maximum atomic E-state index is 12.4. The zero-order valence-corrected chi connectivity index (χ0v) is 11.2. The van der Waals surface area contributed by atoms with Crippen molar-refractivity contribution < 1.29 is 4.79 Å². The summed E-state index contributed by atoms with van der Waals surface area (Å²) in [6, 6.07) is 1.89. The molecule has 100 valence electrons. The third kappa shape index (κ3) is 2.31. The molecule has 6 nitrogen and oxygen atoms in total. The minimum atomic E-state index is 0.0376. The van der Waals surface area contributed by atoms with Gasteiger partial charge in [0.05, 0.1) is 11.3 Å². The molecule has 19 heavy (non-hydrogen) atoms. The van der Waals surface area contributed by atoms with Crippen molar-refractivity contribution in [3.05, 3.63) is 29.7 Å². The number of aryl methyl sites for hydroxylation is 1. The number of likely N-dealkylation sites (N-methyl/N-ethyl adjacent to an activating group) is 1. The molecule has 2 aromatic heterocycles. The molecule has 1 amide bonds. The van der Waals surface area contributed by atoms with Gasteiger partial charge in [-0.15, -0.1) is 0 Å². The quantitative estimate of drug-likeness (QED) is 0.745. The van der Waals surface area contributed by atoms with Crippen LogP contribution in [0.5, 0.6) is 0 Å². The van der Waals surface area contributed by atoms with E-state index >= 15 is 0 Å².